The van der Waals surface area contributed by atoms with E-state index in [1.165, 1.54) is 6.42 Å². The number of benzene rings is 1. The summed E-state index contributed by atoms with van der Waals surface area (Å²) in [4.78, 5) is 12.6. The molecule has 1 aromatic carbocycles. The van der Waals surface area contributed by atoms with Gasteiger partial charge in [0.25, 0.3) is 0 Å². The number of anilines is 1. The van der Waals surface area contributed by atoms with E-state index < -0.39 is 16.1 Å². The van der Waals surface area contributed by atoms with E-state index in [-0.39, 0.29) is 43.1 Å². The summed E-state index contributed by atoms with van der Waals surface area (Å²) in [5, 5.41) is 13.0. The average Bonchev–Trinajstić information content (AvgIpc) is 3.05. The molecule has 0 aromatic heterocycles. The predicted octanol–water partition coefficient (Wildman–Crippen LogP) is 1.89. The molecular weight excluding hydrogens is 408 g/mol. The predicted molar refractivity (Wildman–Crippen MR) is 112 cm³/mol. The molecule has 2 heterocycles. The lowest BCUT2D eigenvalue weighted by molar-refractivity contribution is -0.142. The van der Waals surface area contributed by atoms with Gasteiger partial charge in [-0.25, -0.2) is 8.42 Å². The lowest BCUT2D eigenvalue weighted by Crippen LogP contribution is -2.48. The zero-order chi connectivity index (χ0) is 21.3. The molecule has 8 nitrogen and oxygen atoms in total. The summed E-state index contributed by atoms with van der Waals surface area (Å²) < 4.78 is 37.7. The SMILES string of the molecule is CS(=O)(=O)Nc1ccc2c(c1)[C@H]1C[C@H](CC(=O)NC3CCCCC3)O[C@H](CO)[C@H]1O2. The van der Waals surface area contributed by atoms with Crippen molar-refractivity contribution in [3.63, 3.8) is 0 Å². The van der Waals surface area contributed by atoms with Crippen LogP contribution in [-0.2, 0) is 19.6 Å². The largest absolute Gasteiger partial charge is 0.487 e. The Balaban J connectivity index is 1.46. The fourth-order valence-electron chi connectivity index (χ4n) is 4.91. The molecule has 2 aliphatic heterocycles. The van der Waals surface area contributed by atoms with Crippen molar-refractivity contribution >= 4 is 21.6 Å². The molecule has 1 saturated heterocycles. The molecule has 30 heavy (non-hydrogen) atoms. The number of aliphatic hydroxyl groups is 1. The molecule has 0 spiro atoms. The summed E-state index contributed by atoms with van der Waals surface area (Å²) in [7, 11) is -3.39. The van der Waals surface area contributed by atoms with Crippen LogP contribution in [0.3, 0.4) is 0 Å². The highest BCUT2D eigenvalue weighted by Crippen LogP contribution is 2.47. The van der Waals surface area contributed by atoms with Gasteiger partial charge >= 0.3 is 0 Å². The summed E-state index contributed by atoms with van der Waals surface area (Å²) in [6.45, 7) is -0.204. The van der Waals surface area contributed by atoms with Crippen molar-refractivity contribution in [3.8, 4) is 5.75 Å². The van der Waals surface area contributed by atoms with Crippen LogP contribution in [0.1, 0.15) is 56.4 Å². The molecule has 0 radical (unpaired) electrons. The lowest BCUT2D eigenvalue weighted by Gasteiger charge is -2.37. The van der Waals surface area contributed by atoms with Gasteiger partial charge in [0.1, 0.15) is 18.0 Å². The lowest BCUT2D eigenvalue weighted by atomic mass is 9.84. The van der Waals surface area contributed by atoms with Crippen molar-refractivity contribution in [2.24, 2.45) is 0 Å². The van der Waals surface area contributed by atoms with E-state index in [9.17, 15) is 18.3 Å². The van der Waals surface area contributed by atoms with Crippen LogP contribution in [-0.4, -0.2) is 56.6 Å². The van der Waals surface area contributed by atoms with E-state index in [1.54, 1.807) is 18.2 Å². The number of amides is 1. The minimum absolute atomic E-state index is 0.0197. The standard InChI is InChI=1S/C21H30N2O6S/c1-30(26,27)23-14-7-8-18-16(9-14)17-10-15(28-19(12-24)21(17)29-18)11-20(25)22-13-5-3-2-4-6-13/h7-9,13,15,17,19,21,23-24H,2-6,10-12H2,1H3,(H,22,25)/t15-,17-,19-,21+/m1/s1. The normalized spacial score (nSPS) is 28.9. The van der Waals surface area contributed by atoms with Crippen LogP contribution >= 0.6 is 0 Å². The molecule has 1 saturated carbocycles. The molecule has 2 fully saturated rings. The minimum Gasteiger partial charge on any atom is -0.487 e. The van der Waals surface area contributed by atoms with Gasteiger partial charge in [0.05, 0.1) is 25.4 Å². The quantitative estimate of drug-likeness (QED) is 0.625. The highest BCUT2D eigenvalue weighted by atomic mass is 32.2. The van der Waals surface area contributed by atoms with Crippen LogP contribution in [0.5, 0.6) is 5.75 Å². The third-order valence-corrected chi connectivity index (χ3v) is 6.79. The second kappa shape index (κ2) is 8.72. The van der Waals surface area contributed by atoms with E-state index in [4.69, 9.17) is 9.47 Å². The Morgan fingerprint density at radius 3 is 2.70 bits per heavy atom. The topological polar surface area (TPSA) is 114 Å². The van der Waals surface area contributed by atoms with Gasteiger partial charge in [-0.05, 0) is 37.5 Å². The molecule has 166 valence electrons. The molecule has 4 rings (SSSR count). The second-order valence-electron chi connectivity index (χ2n) is 8.64. The smallest absolute Gasteiger partial charge is 0.229 e. The monoisotopic (exact) mass is 438 g/mol. The maximum Gasteiger partial charge on any atom is 0.229 e. The van der Waals surface area contributed by atoms with Crippen LogP contribution in [0, 0.1) is 0 Å². The highest BCUT2D eigenvalue weighted by molar-refractivity contribution is 7.92. The number of aliphatic hydroxyl groups excluding tert-OH is 1. The van der Waals surface area contributed by atoms with Gasteiger partial charge in [-0.2, -0.15) is 0 Å². The van der Waals surface area contributed by atoms with Crippen molar-refractivity contribution in [3.05, 3.63) is 23.8 Å². The molecule has 0 bridgehead atoms. The minimum atomic E-state index is -3.39. The summed E-state index contributed by atoms with van der Waals surface area (Å²) in [6.07, 6.45) is 6.31. The van der Waals surface area contributed by atoms with Crippen LogP contribution in [0.25, 0.3) is 0 Å². The van der Waals surface area contributed by atoms with E-state index in [0.29, 0.717) is 17.9 Å². The van der Waals surface area contributed by atoms with Gasteiger partial charge in [0, 0.05) is 23.2 Å². The molecule has 4 atom stereocenters. The molecule has 3 aliphatic rings. The number of hydrogen-bond acceptors (Lipinski definition) is 6. The van der Waals surface area contributed by atoms with Crippen LogP contribution in [0.2, 0.25) is 0 Å². The van der Waals surface area contributed by atoms with Gasteiger partial charge in [-0.3, -0.25) is 9.52 Å². The van der Waals surface area contributed by atoms with E-state index in [1.807, 2.05) is 0 Å². The molecule has 1 aromatic rings. The number of nitrogens with one attached hydrogen (secondary N) is 2. The molecule has 1 amide bonds. The number of rotatable bonds is 6. The summed E-state index contributed by atoms with van der Waals surface area (Å²) in [5.74, 6) is 0.576. The first-order valence-corrected chi connectivity index (χ1v) is 12.6. The van der Waals surface area contributed by atoms with Crippen molar-refractivity contribution < 1.29 is 27.8 Å². The van der Waals surface area contributed by atoms with Crippen LogP contribution in [0.15, 0.2) is 18.2 Å². The molecule has 9 heteroatoms. The van der Waals surface area contributed by atoms with Crippen LogP contribution in [0.4, 0.5) is 5.69 Å². The first-order valence-electron chi connectivity index (χ1n) is 10.7. The number of ether oxygens (including phenoxy) is 2. The number of fused-ring (bicyclic) bond motifs is 3. The summed E-state index contributed by atoms with van der Waals surface area (Å²) in [5.41, 5.74) is 1.35. The van der Waals surface area contributed by atoms with Crippen LogP contribution < -0.4 is 14.8 Å². The summed E-state index contributed by atoms with van der Waals surface area (Å²) in [6, 6.07) is 5.41. The van der Waals surface area contributed by atoms with Gasteiger partial charge < -0.3 is 19.9 Å². The van der Waals surface area contributed by atoms with Crippen molar-refractivity contribution in [2.75, 3.05) is 17.6 Å². The maximum absolute atomic E-state index is 12.6. The van der Waals surface area contributed by atoms with Gasteiger partial charge in [-0.15, -0.1) is 0 Å². The summed E-state index contributed by atoms with van der Waals surface area (Å²) >= 11 is 0. The van der Waals surface area contributed by atoms with Crippen molar-refractivity contribution in [1.29, 1.82) is 0 Å². The maximum atomic E-state index is 12.6. The van der Waals surface area contributed by atoms with Gasteiger partial charge in [0.15, 0.2) is 0 Å². The highest BCUT2D eigenvalue weighted by Gasteiger charge is 2.46. The Hall–Kier alpha value is -1.84. The fraction of sp³-hybridized carbons (Fsp3) is 0.667. The number of sulfonamides is 1. The number of carbonyl (C=O) groups excluding carboxylic acids is 1. The number of hydrogen-bond donors (Lipinski definition) is 3. The Kier molecular flexibility index (Phi) is 6.22. The third kappa shape index (κ3) is 4.90. The zero-order valence-electron chi connectivity index (χ0n) is 17.2. The average molecular weight is 439 g/mol. The van der Waals surface area contributed by atoms with E-state index in [2.05, 4.69) is 10.0 Å². The Bertz CT molecular complexity index is 883. The first kappa shape index (κ1) is 21.4. The Morgan fingerprint density at radius 2 is 2.00 bits per heavy atom. The Labute approximate surface area is 177 Å². The zero-order valence-corrected chi connectivity index (χ0v) is 18.0. The molecule has 0 unspecified atom stereocenters. The third-order valence-electron chi connectivity index (χ3n) is 6.19. The van der Waals surface area contributed by atoms with E-state index in [0.717, 1.165) is 37.5 Å². The Morgan fingerprint density at radius 1 is 1.23 bits per heavy atom. The van der Waals surface area contributed by atoms with Crippen molar-refractivity contribution in [2.45, 2.75) is 75.2 Å². The number of carbonyl (C=O) groups is 1. The first-order chi connectivity index (χ1) is 14.3. The van der Waals surface area contributed by atoms with E-state index >= 15 is 0 Å². The molecule has 1 aliphatic carbocycles. The molecular formula is C21H30N2O6S. The fourth-order valence-corrected chi connectivity index (χ4v) is 5.46. The van der Waals surface area contributed by atoms with Crippen molar-refractivity contribution in [1.82, 2.24) is 5.32 Å². The van der Waals surface area contributed by atoms with Gasteiger partial charge in [-0.1, -0.05) is 19.3 Å². The second-order valence-corrected chi connectivity index (χ2v) is 10.4. The van der Waals surface area contributed by atoms with Gasteiger partial charge in [0.2, 0.25) is 15.9 Å². The molecule has 3 N–H and O–H groups in total.